The van der Waals surface area contributed by atoms with Crippen molar-refractivity contribution in [2.45, 2.75) is 6.42 Å². The van der Waals surface area contributed by atoms with Crippen LogP contribution in [0.1, 0.15) is 5.89 Å². The normalized spacial score (nSPS) is 10.1. The lowest BCUT2D eigenvalue weighted by atomic mass is 10.2. The smallest absolute Gasteiger partial charge is 0.241 e. The van der Waals surface area contributed by atoms with E-state index >= 15 is 0 Å². The van der Waals surface area contributed by atoms with E-state index in [1.165, 1.54) is 6.07 Å². The summed E-state index contributed by atoms with van der Waals surface area (Å²) in [5, 5.41) is 12.1. The Balaban J connectivity index is 2.36. The van der Waals surface area contributed by atoms with Crippen molar-refractivity contribution >= 4 is 15.9 Å². The van der Waals surface area contributed by atoms with Crippen molar-refractivity contribution in [3.05, 3.63) is 34.4 Å². The van der Waals surface area contributed by atoms with Crippen LogP contribution in [0.4, 0.5) is 4.39 Å². The molecule has 0 aliphatic heterocycles. The van der Waals surface area contributed by atoms with Gasteiger partial charge in [-0.1, -0.05) is 5.16 Å². The second kappa shape index (κ2) is 4.41. The molecule has 2 rings (SSSR count). The molecule has 0 fully saturated rings. The predicted molar refractivity (Wildman–Crippen MR) is 56.7 cm³/mol. The quantitative estimate of drug-likeness (QED) is 0.849. The molecule has 0 amide bonds. The van der Waals surface area contributed by atoms with Crippen LogP contribution in [0.3, 0.4) is 0 Å². The Kier molecular flexibility index (Phi) is 2.97. The molecule has 80 valence electrons. The third-order valence-electron chi connectivity index (χ3n) is 1.88. The van der Waals surface area contributed by atoms with E-state index in [1.54, 1.807) is 12.1 Å². The van der Waals surface area contributed by atoms with E-state index in [1.807, 2.05) is 6.07 Å². The lowest BCUT2D eigenvalue weighted by Crippen LogP contribution is -1.84. The Morgan fingerprint density at radius 3 is 3.00 bits per heavy atom. The van der Waals surface area contributed by atoms with Crippen LogP contribution in [-0.2, 0) is 6.42 Å². The van der Waals surface area contributed by atoms with Crippen LogP contribution in [0.5, 0.6) is 0 Å². The van der Waals surface area contributed by atoms with Gasteiger partial charge in [-0.3, -0.25) is 0 Å². The molecule has 0 aliphatic carbocycles. The first kappa shape index (κ1) is 10.8. The zero-order valence-electron chi connectivity index (χ0n) is 7.94. The summed E-state index contributed by atoms with van der Waals surface area (Å²) < 4.78 is 18.2. The maximum absolute atomic E-state index is 13.0. The predicted octanol–water partition coefficient (Wildman–Crippen LogP) is 2.70. The first-order chi connectivity index (χ1) is 7.70. The molecule has 16 heavy (non-hydrogen) atoms. The molecule has 0 spiro atoms. The second-order valence-electron chi connectivity index (χ2n) is 2.98. The monoisotopic (exact) mass is 281 g/mol. The van der Waals surface area contributed by atoms with E-state index in [-0.39, 0.29) is 18.1 Å². The summed E-state index contributed by atoms with van der Waals surface area (Å²) in [6.07, 6.45) is 0.0648. The Bertz CT molecular complexity index is 561. The number of halogens is 2. The highest BCUT2D eigenvalue weighted by atomic mass is 79.9. The van der Waals surface area contributed by atoms with Crippen molar-refractivity contribution in [1.29, 1.82) is 5.26 Å². The maximum atomic E-state index is 13.0. The van der Waals surface area contributed by atoms with Crippen molar-refractivity contribution in [2.75, 3.05) is 0 Å². The van der Waals surface area contributed by atoms with Crippen LogP contribution in [0.25, 0.3) is 11.4 Å². The lowest BCUT2D eigenvalue weighted by molar-refractivity contribution is 0.388. The largest absolute Gasteiger partial charge is 0.338 e. The van der Waals surface area contributed by atoms with Gasteiger partial charge in [-0.2, -0.15) is 10.2 Å². The minimum absolute atomic E-state index is 0.0648. The molecular formula is C10H5BrFN3O. The fraction of sp³-hybridized carbons (Fsp3) is 0.100. The fourth-order valence-electron chi connectivity index (χ4n) is 1.15. The molecule has 1 aromatic carbocycles. The van der Waals surface area contributed by atoms with Gasteiger partial charge in [-0.25, -0.2) is 4.39 Å². The molecule has 0 saturated heterocycles. The van der Waals surface area contributed by atoms with Gasteiger partial charge in [-0.15, -0.1) is 0 Å². The van der Waals surface area contributed by atoms with E-state index in [4.69, 9.17) is 9.78 Å². The van der Waals surface area contributed by atoms with Crippen molar-refractivity contribution in [1.82, 2.24) is 10.1 Å². The summed E-state index contributed by atoms with van der Waals surface area (Å²) in [5.41, 5.74) is 0.626. The second-order valence-corrected chi connectivity index (χ2v) is 3.83. The molecule has 4 nitrogen and oxygen atoms in total. The zero-order valence-corrected chi connectivity index (χ0v) is 9.53. The molecule has 1 heterocycles. The standard InChI is InChI=1S/C10H5BrFN3O/c11-7-5-6(1-2-8(7)12)10-14-9(3-4-13)16-15-10/h1-2,5H,3H2. The molecule has 0 aliphatic rings. The minimum atomic E-state index is -0.357. The molecule has 6 heteroatoms. The first-order valence-corrected chi connectivity index (χ1v) is 5.15. The third-order valence-corrected chi connectivity index (χ3v) is 2.48. The molecule has 1 aromatic heterocycles. The van der Waals surface area contributed by atoms with Crippen molar-refractivity contribution in [3.8, 4) is 17.5 Å². The number of nitriles is 1. The van der Waals surface area contributed by atoms with Gasteiger partial charge in [0.2, 0.25) is 11.7 Å². The van der Waals surface area contributed by atoms with Crippen LogP contribution < -0.4 is 0 Å². The van der Waals surface area contributed by atoms with E-state index in [0.29, 0.717) is 15.9 Å². The fourth-order valence-corrected chi connectivity index (χ4v) is 1.53. The summed E-state index contributed by atoms with van der Waals surface area (Å²) in [7, 11) is 0. The molecular weight excluding hydrogens is 277 g/mol. The lowest BCUT2D eigenvalue weighted by Gasteiger charge is -1.96. The highest BCUT2D eigenvalue weighted by Gasteiger charge is 2.09. The molecule has 0 bridgehead atoms. The molecule has 0 unspecified atom stereocenters. The highest BCUT2D eigenvalue weighted by molar-refractivity contribution is 9.10. The SMILES string of the molecule is N#CCc1nc(-c2ccc(F)c(Br)c2)no1. The summed E-state index contributed by atoms with van der Waals surface area (Å²) in [6.45, 7) is 0. The Morgan fingerprint density at radius 1 is 1.50 bits per heavy atom. The first-order valence-electron chi connectivity index (χ1n) is 4.35. The van der Waals surface area contributed by atoms with E-state index in [9.17, 15) is 4.39 Å². The number of benzene rings is 1. The number of aromatic nitrogens is 2. The van der Waals surface area contributed by atoms with Crippen molar-refractivity contribution in [3.63, 3.8) is 0 Å². The maximum Gasteiger partial charge on any atom is 0.241 e. The van der Waals surface area contributed by atoms with Gasteiger partial charge in [0.05, 0.1) is 10.5 Å². The van der Waals surface area contributed by atoms with Crippen LogP contribution in [0.2, 0.25) is 0 Å². The van der Waals surface area contributed by atoms with Crippen LogP contribution in [0.15, 0.2) is 27.2 Å². The third kappa shape index (κ3) is 2.09. The summed E-state index contributed by atoms with van der Waals surface area (Å²) in [6, 6.07) is 6.30. The average Bonchev–Trinajstić information content (AvgIpc) is 2.71. The van der Waals surface area contributed by atoms with Crippen molar-refractivity contribution in [2.24, 2.45) is 0 Å². The number of rotatable bonds is 2. The van der Waals surface area contributed by atoms with Crippen LogP contribution in [0, 0.1) is 17.1 Å². The number of hydrogen-bond donors (Lipinski definition) is 0. The molecule has 2 aromatic rings. The zero-order chi connectivity index (χ0) is 11.5. The number of nitrogens with zero attached hydrogens (tertiary/aromatic N) is 3. The van der Waals surface area contributed by atoms with Gasteiger partial charge in [0.1, 0.15) is 12.2 Å². The summed E-state index contributed by atoms with van der Waals surface area (Å²) in [5.74, 6) is 0.230. The Hall–Kier alpha value is -1.74. The van der Waals surface area contributed by atoms with Gasteiger partial charge in [-0.05, 0) is 34.1 Å². The molecule has 0 N–H and O–H groups in total. The average molecular weight is 282 g/mol. The van der Waals surface area contributed by atoms with Gasteiger partial charge >= 0.3 is 0 Å². The topological polar surface area (TPSA) is 62.7 Å². The summed E-state index contributed by atoms with van der Waals surface area (Å²) in [4.78, 5) is 4.00. The Labute approximate surface area is 98.8 Å². The van der Waals surface area contributed by atoms with Crippen molar-refractivity contribution < 1.29 is 8.91 Å². The molecule has 0 saturated carbocycles. The summed E-state index contributed by atoms with van der Waals surface area (Å²) >= 11 is 3.07. The van der Waals surface area contributed by atoms with E-state index in [0.717, 1.165) is 0 Å². The van der Waals surface area contributed by atoms with Crippen LogP contribution in [-0.4, -0.2) is 10.1 Å². The molecule has 0 radical (unpaired) electrons. The minimum Gasteiger partial charge on any atom is -0.338 e. The van der Waals surface area contributed by atoms with Crippen LogP contribution >= 0.6 is 15.9 Å². The van der Waals surface area contributed by atoms with E-state index < -0.39 is 0 Å². The van der Waals surface area contributed by atoms with Gasteiger partial charge in [0.15, 0.2) is 0 Å². The van der Waals surface area contributed by atoms with Gasteiger partial charge in [0.25, 0.3) is 0 Å². The Morgan fingerprint density at radius 2 is 2.31 bits per heavy atom. The van der Waals surface area contributed by atoms with Gasteiger partial charge < -0.3 is 4.52 Å². The highest BCUT2D eigenvalue weighted by Crippen LogP contribution is 2.23. The molecule has 0 atom stereocenters. The van der Waals surface area contributed by atoms with Gasteiger partial charge in [0, 0.05) is 5.56 Å². The number of hydrogen-bond acceptors (Lipinski definition) is 4. The van der Waals surface area contributed by atoms with E-state index in [2.05, 4.69) is 26.1 Å².